The molecule has 254 valence electrons. The van der Waals surface area contributed by atoms with Crippen LogP contribution in [0.2, 0.25) is 0 Å². The average molecular weight is 620 g/mol. The quantitative estimate of drug-likeness (QED) is 0.106. The van der Waals surface area contributed by atoms with Gasteiger partial charge in [0.15, 0.2) is 0 Å². The highest BCUT2D eigenvalue weighted by Crippen LogP contribution is 2.22. The molecule has 1 N–H and O–H groups in total. The minimum absolute atomic E-state index is 0.100. The molecule has 43 heavy (non-hydrogen) atoms. The summed E-state index contributed by atoms with van der Waals surface area (Å²) >= 11 is 0. The van der Waals surface area contributed by atoms with Crippen molar-refractivity contribution >= 4 is 23.9 Å². The molecule has 0 spiro atoms. The van der Waals surface area contributed by atoms with E-state index in [4.69, 9.17) is 23.7 Å². The van der Waals surface area contributed by atoms with Gasteiger partial charge in [-0.25, -0.2) is 4.79 Å². The van der Waals surface area contributed by atoms with Crippen molar-refractivity contribution in [2.45, 2.75) is 94.6 Å². The molecular weight excluding hydrogens is 558 g/mol. The van der Waals surface area contributed by atoms with Crippen LogP contribution in [0.3, 0.4) is 0 Å². The van der Waals surface area contributed by atoms with Gasteiger partial charge in [-0.15, -0.1) is 0 Å². The number of nitrogens with zero attached hydrogens (tertiary/aromatic N) is 1. The first-order valence-corrected chi connectivity index (χ1v) is 14.8. The van der Waals surface area contributed by atoms with Gasteiger partial charge in [0.25, 0.3) is 0 Å². The lowest BCUT2D eigenvalue weighted by atomic mass is 9.91. The molecule has 11 nitrogen and oxygen atoms in total. The fraction of sp³-hybridized carbons (Fsp3) is 0.812. The summed E-state index contributed by atoms with van der Waals surface area (Å²) in [7, 11) is 5.50. The third-order valence-corrected chi connectivity index (χ3v) is 6.76. The SMILES string of the molecule is C=C(C)C(=O)OCC(O)COC(=O)C(C)(C)CC.CCC(C)(C)C(=O)OCCN(C)C.CCC(C)(C)C(=O)OCCOC. The predicted octanol–water partition coefficient (Wildman–Crippen LogP) is 4.59. The second kappa shape index (κ2) is 23.0. The van der Waals surface area contributed by atoms with Gasteiger partial charge in [-0.1, -0.05) is 27.4 Å². The average Bonchev–Trinajstić information content (AvgIpc) is 2.94. The maximum atomic E-state index is 11.6. The fourth-order valence-corrected chi connectivity index (χ4v) is 2.07. The summed E-state index contributed by atoms with van der Waals surface area (Å²) in [6.07, 6.45) is 1.23. The van der Waals surface area contributed by atoms with Gasteiger partial charge in [-0.05, 0) is 81.8 Å². The van der Waals surface area contributed by atoms with Crippen molar-refractivity contribution in [1.82, 2.24) is 4.90 Å². The normalized spacial score (nSPS) is 12.1. The van der Waals surface area contributed by atoms with Crippen molar-refractivity contribution in [3.63, 3.8) is 0 Å². The fourth-order valence-electron chi connectivity index (χ4n) is 2.07. The Kier molecular flexibility index (Phi) is 24.0. The lowest BCUT2D eigenvalue weighted by molar-refractivity contribution is -0.159. The number of ether oxygens (including phenoxy) is 5. The van der Waals surface area contributed by atoms with Crippen molar-refractivity contribution in [2.24, 2.45) is 16.2 Å². The van der Waals surface area contributed by atoms with E-state index in [2.05, 4.69) is 6.58 Å². The third kappa shape index (κ3) is 22.7. The summed E-state index contributed by atoms with van der Waals surface area (Å²) in [5, 5.41) is 9.48. The Balaban J connectivity index is -0.000000574. The Morgan fingerprint density at radius 3 is 1.42 bits per heavy atom. The molecule has 0 rings (SSSR count). The van der Waals surface area contributed by atoms with Gasteiger partial charge in [0.1, 0.15) is 32.5 Å². The van der Waals surface area contributed by atoms with E-state index >= 15 is 0 Å². The molecule has 1 unspecified atom stereocenters. The highest BCUT2D eigenvalue weighted by Gasteiger charge is 2.28. The van der Waals surface area contributed by atoms with Crippen LogP contribution >= 0.6 is 0 Å². The number of carbonyl (C=O) groups is 4. The first-order chi connectivity index (χ1) is 19.6. The van der Waals surface area contributed by atoms with Gasteiger partial charge in [-0.2, -0.15) is 0 Å². The van der Waals surface area contributed by atoms with Crippen LogP contribution in [-0.2, 0) is 42.9 Å². The molecule has 0 aromatic heterocycles. The highest BCUT2D eigenvalue weighted by atomic mass is 16.6. The van der Waals surface area contributed by atoms with E-state index in [0.717, 1.165) is 19.4 Å². The summed E-state index contributed by atoms with van der Waals surface area (Å²) < 4.78 is 24.5. The van der Waals surface area contributed by atoms with E-state index in [9.17, 15) is 24.3 Å². The molecule has 0 saturated heterocycles. The van der Waals surface area contributed by atoms with E-state index in [1.165, 1.54) is 6.92 Å². The first kappa shape index (κ1) is 44.9. The first-order valence-electron chi connectivity index (χ1n) is 14.8. The molecule has 11 heteroatoms. The Morgan fingerprint density at radius 1 is 0.698 bits per heavy atom. The molecule has 0 radical (unpaired) electrons. The third-order valence-electron chi connectivity index (χ3n) is 6.76. The number of aliphatic hydroxyl groups excluding tert-OH is 1. The van der Waals surface area contributed by atoms with Gasteiger partial charge in [0.05, 0.1) is 22.9 Å². The second-order valence-electron chi connectivity index (χ2n) is 12.4. The van der Waals surface area contributed by atoms with E-state index in [0.29, 0.717) is 26.2 Å². The summed E-state index contributed by atoms with van der Waals surface area (Å²) in [6, 6.07) is 0. The Labute approximate surface area is 260 Å². The van der Waals surface area contributed by atoms with Gasteiger partial charge in [0, 0.05) is 19.2 Å². The molecule has 0 aliphatic heterocycles. The molecule has 1 atom stereocenters. The maximum Gasteiger partial charge on any atom is 0.333 e. The van der Waals surface area contributed by atoms with Gasteiger partial charge >= 0.3 is 23.9 Å². The van der Waals surface area contributed by atoms with E-state index < -0.39 is 17.5 Å². The molecule has 0 aromatic carbocycles. The molecule has 0 aromatic rings. The maximum absolute atomic E-state index is 11.6. The van der Waals surface area contributed by atoms with Crippen LogP contribution in [0.4, 0.5) is 0 Å². The Hall–Kier alpha value is -2.50. The van der Waals surface area contributed by atoms with Crippen LogP contribution in [0, 0.1) is 16.2 Å². The molecule has 0 fully saturated rings. The summed E-state index contributed by atoms with van der Waals surface area (Å²) in [6.45, 7) is 23.5. The van der Waals surface area contributed by atoms with E-state index in [1.54, 1.807) is 21.0 Å². The van der Waals surface area contributed by atoms with Gasteiger partial charge < -0.3 is 33.7 Å². The second-order valence-corrected chi connectivity index (χ2v) is 12.4. The standard InChI is InChI=1S/C13H22O5.C10H21NO2.C9H18O3/c1-6-13(4,5)12(16)18-8-10(14)7-17-11(15)9(2)3;1-6-10(2,3)9(12)13-8-7-11(4)5;1-5-9(2,3)8(10)12-7-6-11-4/h10,14H,2,6-8H2,1,3-5H3;6-8H2,1-5H3;5-7H2,1-4H3. The molecule has 0 bridgehead atoms. The van der Waals surface area contributed by atoms with Crippen molar-refractivity contribution in [3.8, 4) is 0 Å². The predicted molar refractivity (Wildman–Crippen MR) is 167 cm³/mol. The van der Waals surface area contributed by atoms with E-state index in [1.807, 2.05) is 67.5 Å². The number of likely N-dealkylation sites (N-methyl/N-ethyl adjacent to an activating group) is 1. The van der Waals surface area contributed by atoms with Crippen LogP contribution in [0.1, 0.15) is 88.5 Å². The van der Waals surface area contributed by atoms with Crippen LogP contribution in [0.15, 0.2) is 12.2 Å². The molecule has 0 amide bonds. The molecule has 0 saturated carbocycles. The van der Waals surface area contributed by atoms with Crippen LogP contribution < -0.4 is 0 Å². The minimum atomic E-state index is -1.02. The Morgan fingerprint density at radius 2 is 1.07 bits per heavy atom. The zero-order chi connectivity index (χ0) is 34.4. The van der Waals surface area contributed by atoms with Crippen molar-refractivity contribution in [3.05, 3.63) is 12.2 Å². The lowest BCUT2D eigenvalue weighted by Gasteiger charge is -2.21. The number of aliphatic hydroxyl groups is 1. The van der Waals surface area contributed by atoms with Crippen LogP contribution in [-0.4, -0.2) is 101 Å². The number of carbonyl (C=O) groups excluding carboxylic acids is 4. The summed E-state index contributed by atoms with van der Waals surface area (Å²) in [5.74, 6) is -1.21. The van der Waals surface area contributed by atoms with Crippen molar-refractivity contribution in [1.29, 1.82) is 0 Å². The van der Waals surface area contributed by atoms with Gasteiger partial charge in [0.2, 0.25) is 0 Å². The number of methoxy groups -OCH3 is 1. The zero-order valence-corrected chi connectivity index (χ0v) is 29.2. The Bertz CT molecular complexity index is 834. The topological polar surface area (TPSA) is 138 Å². The number of hydrogen-bond donors (Lipinski definition) is 1. The number of hydrogen-bond acceptors (Lipinski definition) is 11. The summed E-state index contributed by atoms with van der Waals surface area (Å²) in [5.41, 5.74) is -1.03. The van der Waals surface area contributed by atoms with Crippen molar-refractivity contribution < 1.29 is 48.0 Å². The monoisotopic (exact) mass is 619 g/mol. The zero-order valence-electron chi connectivity index (χ0n) is 29.2. The number of rotatable bonds is 17. The van der Waals surface area contributed by atoms with Crippen molar-refractivity contribution in [2.75, 3.05) is 60.8 Å². The largest absolute Gasteiger partial charge is 0.464 e. The minimum Gasteiger partial charge on any atom is -0.464 e. The summed E-state index contributed by atoms with van der Waals surface area (Å²) in [4.78, 5) is 47.4. The van der Waals surface area contributed by atoms with Crippen LogP contribution in [0.5, 0.6) is 0 Å². The smallest absolute Gasteiger partial charge is 0.333 e. The molecular formula is C32H61NO10. The molecule has 0 heterocycles. The van der Waals surface area contributed by atoms with E-state index in [-0.39, 0.29) is 47.5 Å². The highest BCUT2D eigenvalue weighted by molar-refractivity contribution is 5.86. The number of esters is 4. The lowest BCUT2D eigenvalue weighted by Crippen LogP contribution is -2.31. The molecule has 0 aliphatic rings. The molecule has 0 aliphatic carbocycles. The van der Waals surface area contributed by atoms with Crippen LogP contribution in [0.25, 0.3) is 0 Å². The van der Waals surface area contributed by atoms with Gasteiger partial charge in [-0.3, -0.25) is 14.4 Å².